The molecule has 0 spiro atoms. The van der Waals surface area contributed by atoms with E-state index in [1.54, 1.807) is 0 Å². The Balaban J connectivity index is 2.21. The maximum atomic E-state index is 3.21. The third-order valence-electron chi connectivity index (χ3n) is 3.33. The third kappa shape index (κ3) is 4.43. The van der Waals surface area contributed by atoms with Gasteiger partial charge >= 0.3 is 0 Å². The molecule has 1 N–H and O–H groups in total. The number of rotatable bonds is 4. The van der Waals surface area contributed by atoms with E-state index < -0.39 is 0 Å². The zero-order valence-corrected chi connectivity index (χ0v) is 10.1. The summed E-state index contributed by atoms with van der Waals surface area (Å²) in [6.07, 6.45) is 5.44. The Morgan fingerprint density at radius 1 is 1.21 bits per heavy atom. The molecule has 84 valence electrons. The third-order valence-corrected chi connectivity index (χ3v) is 3.33. The van der Waals surface area contributed by atoms with Gasteiger partial charge in [-0.2, -0.15) is 0 Å². The van der Waals surface area contributed by atoms with Crippen molar-refractivity contribution in [3.63, 3.8) is 0 Å². The molecule has 0 aliphatic carbocycles. The molecule has 0 aromatic heterocycles. The van der Waals surface area contributed by atoms with Gasteiger partial charge in [-0.15, -0.1) is 0 Å². The van der Waals surface area contributed by atoms with Crippen molar-refractivity contribution in [3.05, 3.63) is 0 Å². The van der Waals surface area contributed by atoms with Gasteiger partial charge in [0.2, 0.25) is 0 Å². The van der Waals surface area contributed by atoms with Gasteiger partial charge in [-0.3, -0.25) is 0 Å². The van der Waals surface area contributed by atoms with E-state index in [1.807, 2.05) is 7.05 Å². The van der Waals surface area contributed by atoms with Crippen molar-refractivity contribution in [2.24, 2.45) is 5.41 Å². The standard InChI is InChI=1S/C12H26N2/c1-12(2)6-4-9-14(11-7-12)10-5-8-13-3/h13H,4-11H2,1-3H3. The molecule has 1 rings (SSSR count). The van der Waals surface area contributed by atoms with E-state index in [2.05, 4.69) is 24.1 Å². The Morgan fingerprint density at radius 3 is 2.71 bits per heavy atom. The Bertz CT molecular complexity index is 154. The molecule has 0 radical (unpaired) electrons. The lowest BCUT2D eigenvalue weighted by atomic mass is 9.85. The van der Waals surface area contributed by atoms with Crippen LogP contribution in [0.3, 0.4) is 0 Å². The van der Waals surface area contributed by atoms with E-state index in [-0.39, 0.29) is 0 Å². The molecular weight excluding hydrogens is 172 g/mol. The summed E-state index contributed by atoms with van der Waals surface area (Å²) >= 11 is 0. The van der Waals surface area contributed by atoms with E-state index >= 15 is 0 Å². The topological polar surface area (TPSA) is 15.3 Å². The van der Waals surface area contributed by atoms with Gasteiger partial charge < -0.3 is 10.2 Å². The lowest BCUT2D eigenvalue weighted by Gasteiger charge is -2.23. The smallest absolute Gasteiger partial charge is 0.000664 e. The minimum absolute atomic E-state index is 0.581. The average molecular weight is 198 g/mol. The largest absolute Gasteiger partial charge is 0.320 e. The molecule has 0 amide bonds. The number of likely N-dealkylation sites (tertiary alicyclic amines) is 1. The molecule has 0 unspecified atom stereocenters. The van der Waals surface area contributed by atoms with Crippen LogP contribution in [0.5, 0.6) is 0 Å². The Morgan fingerprint density at radius 2 is 2.00 bits per heavy atom. The molecule has 0 aromatic rings. The summed E-state index contributed by atoms with van der Waals surface area (Å²) in [6, 6.07) is 0. The summed E-state index contributed by atoms with van der Waals surface area (Å²) in [6.45, 7) is 9.86. The van der Waals surface area contributed by atoms with Crippen molar-refractivity contribution >= 4 is 0 Å². The van der Waals surface area contributed by atoms with Gasteiger partial charge in [-0.05, 0) is 64.3 Å². The van der Waals surface area contributed by atoms with Crippen LogP contribution in [0.15, 0.2) is 0 Å². The second kappa shape index (κ2) is 5.72. The maximum absolute atomic E-state index is 3.21. The van der Waals surface area contributed by atoms with E-state index in [0.29, 0.717) is 5.41 Å². The van der Waals surface area contributed by atoms with Crippen LogP contribution in [0.2, 0.25) is 0 Å². The number of nitrogens with one attached hydrogen (secondary N) is 1. The van der Waals surface area contributed by atoms with Gasteiger partial charge in [0, 0.05) is 0 Å². The van der Waals surface area contributed by atoms with Gasteiger partial charge in [-0.25, -0.2) is 0 Å². The van der Waals surface area contributed by atoms with E-state index in [9.17, 15) is 0 Å². The molecule has 1 saturated heterocycles. The summed E-state index contributed by atoms with van der Waals surface area (Å²) in [5.74, 6) is 0. The normalized spacial score (nSPS) is 23.4. The van der Waals surface area contributed by atoms with Gasteiger partial charge in [0.15, 0.2) is 0 Å². The van der Waals surface area contributed by atoms with E-state index in [0.717, 1.165) is 6.54 Å². The maximum Gasteiger partial charge on any atom is -0.000664 e. The van der Waals surface area contributed by atoms with Crippen LogP contribution >= 0.6 is 0 Å². The van der Waals surface area contributed by atoms with Gasteiger partial charge in [0.05, 0.1) is 0 Å². The molecule has 1 heterocycles. The molecule has 0 saturated carbocycles. The van der Waals surface area contributed by atoms with Gasteiger partial charge in [0.1, 0.15) is 0 Å². The Kier molecular flexibility index (Phi) is 4.90. The van der Waals surface area contributed by atoms with Crippen LogP contribution in [-0.2, 0) is 0 Å². The zero-order chi connectivity index (χ0) is 10.4. The van der Waals surface area contributed by atoms with Crippen LogP contribution in [0.25, 0.3) is 0 Å². The molecule has 2 heteroatoms. The Labute approximate surface area is 89.1 Å². The number of hydrogen-bond donors (Lipinski definition) is 1. The monoisotopic (exact) mass is 198 g/mol. The average Bonchev–Trinajstić information content (AvgIpc) is 2.28. The highest BCUT2D eigenvalue weighted by Gasteiger charge is 2.22. The quantitative estimate of drug-likeness (QED) is 0.696. The molecule has 0 atom stereocenters. The fourth-order valence-corrected chi connectivity index (χ4v) is 2.18. The predicted molar refractivity (Wildman–Crippen MR) is 62.6 cm³/mol. The minimum Gasteiger partial charge on any atom is -0.320 e. The van der Waals surface area contributed by atoms with E-state index in [4.69, 9.17) is 0 Å². The zero-order valence-electron chi connectivity index (χ0n) is 10.1. The Hall–Kier alpha value is -0.0800. The van der Waals surface area contributed by atoms with Crippen LogP contribution in [0.4, 0.5) is 0 Å². The van der Waals surface area contributed by atoms with Crippen LogP contribution < -0.4 is 5.32 Å². The van der Waals surface area contributed by atoms with Crippen LogP contribution in [0.1, 0.15) is 39.5 Å². The highest BCUT2D eigenvalue weighted by Crippen LogP contribution is 2.29. The lowest BCUT2D eigenvalue weighted by Crippen LogP contribution is -2.28. The summed E-state index contributed by atoms with van der Waals surface area (Å²) in [5.41, 5.74) is 0.581. The molecule has 0 bridgehead atoms. The SMILES string of the molecule is CNCCCN1CCCC(C)(C)CC1. The first-order valence-corrected chi connectivity index (χ1v) is 6.01. The van der Waals surface area contributed by atoms with Gasteiger partial charge in [-0.1, -0.05) is 13.8 Å². The minimum atomic E-state index is 0.581. The number of hydrogen-bond acceptors (Lipinski definition) is 2. The van der Waals surface area contributed by atoms with Crippen LogP contribution in [-0.4, -0.2) is 38.1 Å². The van der Waals surface area contributed by atoms with Crippen molar-refractivity contribution in [2.75, 3.05) is 33.2 Å². The number of nitrogens with zero attached hydrogens (tertiary/aromatic N) is 1. The molecule has 14 heavy (non-hydrogen) atoms. The summed E-state index contributed by atoms with van der Waals surface area (Å²) in [5, 5.41) is 3.21. The van der Waals surface area contributed by atoms with Crippen molar-refractivity contribution < 1.29 is 0 Å². The van der Waals surface area contributed by atoms with Crippen molar-refractivity contribution in [1.82, 2.24) is 10.2 Å². The lowest BCUT2D eigenvalue weighted by molar-refractivity contribution is 0.259. The van der Waals surface area contributed by atoms with Crippen molar-refractivity contribution in [2.45, 2.75) is 39.5 Å². The molecule has 1 fully saturated rings. The molecule has 1 aliphatic heterocycles. The highest BCUT2D eigenvalue weighted by atomic mass is 15.1. The fraction of sp³-hybridized carbons (Fsp3) is 1.00. The van der Waals surface area contributed by atoms with Crippen molar-refractivity contribution in [1.29, 1.82) is 0 Å². The van der Waals surface area contributed by atoms with E-state index in [1.165, 1.54) is 45.3 Å². The first kappa shape index (κ1) is 12.0. The predicted octanol–water partition coefficient (Wildman–Crippen LogP) is 2.11. The summed E-state index contributed by atoms with van der Waals surface area (Å²) in [7, 11) is 2.03. The first-order chi connectivity index (χ1) is 6.64. The first-order valence-electron chi connectivity index (χ1n) is 6.01. The molecule has 0 aromatic carbocycles. The molecular formula is C12H26N2. The molecule has 2 nitrogen and oxygen atoms in total. The highest BCUT2D eigenvalue weighted by molar-refractivity contribution is 4.76. The molecule has 1 aliphatic rings. The second-order valence-electron chi connectivity index (χ2n) is 5.32. The second-order valence-corrected chi connectivity index (χ2v) is 5.32. The van der Waals surface area contributed by atoms with Gasteiger partial charge in [0.25, 0.3) is 0 Å². The summed E-state index contributed by atoms with van der Waals surface area (Å²) in [4.78, 5) is 2.63. The summed E-state index contributed by atoms with van der Waals surface area (Å²) < 4.78 is 0. The van der Waals surface area contributed by atoms with Crippen molar-refractivity contribution in [3.8, 4) is 0 Å². The fourth-order valence-electron chi connectivity index (χ4n) is 2.18. The van der Waals surface area contributed by atoms with Crippen LogP contribution in [0, 0.1) is 5.41 Å².